The molecule has 16 heteroatoms. The molecule has 0 spiro atoms. The molecule has 220 valence electrons. The van der Waals surface area contributed by atoms with Gasteiger partial charge in [0, 0.05) is 48.8 Å². The first-order valence-electron chi connectivity index (χ1n) is 13.0. The highest BCUT2D eigenvalue weighted by molar-refractivity contribution is 6.29. The van der Waals surface area contributed by atoms with Crippen LogP contribution in [0.5, 0.6) is 5.88 Å². The number of alkyl halides is 3. The number of carbonyl (C=O) groups is 2. The number of nitrogens with zero attached hydrogens (tertiary/aromatic N) is 7. The molecule has 2 amide bonds. The molecule has 42 heavy (non-hydrogen) atoms. The van der Waals surface area contributed by atoms with Gasteiger partial charge in [-0.25, -0.2) is 32.6 Å². The standard InChI is InChI=1S/C26H25ClF3N9O3/c1-42-24-16(23(40)36-18-9-38(8-17(18)28)25(41)15-4-26(29,30)5-15)2-13(6-32-24)19-3-14(7-37-10-20(27)34-12-37)21-22(31)33-11-35-39(19)21/h2-3,6,10-12,15,17-18H,4-5,7-9H2,1H3,(H,36,40)(H2,31,33,35)/t17-,18+/m0/s1. The van der Waals surface area contributed by atoms with Crippen LogP contribution in [0.3, 0.4) is 0 Å². The maximum absolute atomic E-state index is 14.9. The van der Waals surface area contributed by atoms with E-state index in [1.807, 2.05) is 6.07 Å². The SMILES string of the molecule is COc1ncc(-c2cc(Cn3cnc(Cl)c3)c3c(N)ncnn23)cc1C(=O)N[C@@H]1CN(C(=O)C2CC(F)(F)C2)C[C@@H]1F. The zero-order valence-electron chi connectivity index (χ0n) is 22.2. The molecular weight excluding hydrogens is 579 g/mol. The van der Waals surface area contributed by atoms with Gasteiger partial charge < -0.3 is 25.3 Å². The predicted octanol–water partition coefficient (Wildman–Crippen LogP) is 2.60. The second-order valence-electron chi connectivity index (χ2n) is 10.4. The molecule has 2 fully saturated rings. The normalized spacial score (nSPS) is 20.1. The summed E-state index contributed by atoms with van der Waals surface area (Å²) in [5, 5.41) is 7.27. The molecular formula is C26H25ClF3N9O3. The van der Waals surface area contributed by atoms with E-state index in [-0.39, 0.29) is 30.4 Å². The van der Waals surface area contributed by atoms with Crippen LogP contribution in [0.4, 0.5) is 19.0 Å². The van der Waals surface area contributed by atoms with Crippen molar-refractivity contribution in [2.24, 2.45) is 5.92 Å². The Hall–Kier alpha value is -4.40. The largest absolute Gasteiger partial charge is 0.480 e. The quantitative estimate of drug-likeness (QED) is 0.328. The average molecular weight is 604 g/mol. The molecule has 0 unspecified atom stereocenters. The number of amides is 2. The Morgan fingerprint density at radius 2 is 2.00 bits per heavy atom. The Bertz CT molecular complexity index is 1690. The number of imidazole rings is 1. The summed E-state index contributed by atoms with van der Waals surface area (Å²) in [5.41, 5.74) is 8.52. The molecule has 1 aliphatic carbocycles. The zero-order chi connectivity index (χ0) is 29.8. The summed E-state index contributed by atoms with van der Waals surface area (Å²) in [6.45, 7) is -0.0706. The second kappa shape index (κ2) is 10.5. The summed E-state index contributed by atoms with van der Waals surface area (Å²) < 4.78 is 50.0. The van der Waals surface area contributed by atoms with Crippen LogP contribution in [0.25, 0.3) is 16.8 Å². The summed E-state index contributed by atoms with van der Waals surface area (Å²) >= 11 is 5.96. The van der Waals surface area contributed by atoms with Crippen LogP contribution in [0.1, 0.15) is 28.8 Å². The van der Waals surface area contributed by atoms with E-state index in [0.717, 1.165) is 5.56 Å². The van der Waals surface area contributed by atoms with E-state index >= 15 is 0 Å². The zero-order valence-corrected chi connectivity index (χ0v) is 22.9. The van der Waals surface area contributed by atoms with Gasteiger partial charge >= 0.3 is 0 Å². The lowest BCUT2D eigenvalue weighted by molar-refractivity contribution is -0.159. The van der Waals surface area contributed by atoms with Gasteiger partial charge in [0.05, 0.1) is 38.3 Å². The summed E-state index contributed by atoms with van der Waals surface area (Å²) in [6.07, 6.45) is 3.35. The predicted molar refractivity (Wildman–Crippen MR) is 144 cm³/mol. The molecule has 3 N–H and O–H groups in total. The van der Waals surface area contributed by atoms with Crippen molar-refractivity contribution in [2.45, 2.75) is 37.5 Å². The number of ether oxygens (including phenoxy) is 1. The average Bonchev–Trinajstić information content (AvgIpc) is 3.64. The summed E-state index contributed by atoms with van der Waals surface area (Å²) in [6, 6.07) is 2.31. The minimum atomic E-state index is -2.87. The Kier molecular flexibility index (Phi) is 6.91. The smallest absolute Gasteiger partial charge is 0.257 e. The first-order valence-corrected chi connectivity index (χ1v) is 13.3. The molecule has 1 aliphatic heterocycles. The highest BCUT2D eigenvalue weighted by Crippen LogP contribution is 2.43. The fourth-order valence-corrected chi connectivity index (χ4v) is 5.59. The molecule has 6 rings (SSSR count). The monoisotopic (exact) mass is 603 g/mol. The maximum atomic E-state index is 14.9. The number of nitrogen functional groups attached to an aromatic ring is 1. The van der Waals surface area contributed by atoms with Gasteiger partial charge in [0.2, 0.25) is 17.7 Å². The van der Waals surface area contributed by atoms with Crippen molar-refractivity contribution >= 4 is 34.7 Å². The van der Waals surface area contributed by atoms with E-state index in [0.29, 0.717) is 28.5 Å². The molecule has 1 saturated carbocycles. The lowest BCUT2D eigenvalue weighted by atomic mass is 9.80. The number of anilines is 1. The van der Waals surface area contributed by atoms with E-state index in [1.54, 1.807) is 21.6 Å². The second-order valence-corrected chi connectivity index (χ2v) is 10.8. The number of methoxy groups -OCH3 is 1. The van der Waals surface area contributed by atoms with Crippen LogP contribution >= 0.6 is 11.6 Å². The van der Waals surface area contributed by atoms with Crippen molar-refractivity contribution in [3.8, 4) is 17.1 Å². The summed E-state index contributed by atoms with van der Waals surface area (Å²) in [4.78, 5) is 39.5. The molecule has 0 bridgehead atoms. The Labute approximate surface area is 241 Å². The number of halogens is 4. The number of nitrogens with one attached hydrogen (secondary N) is 1. The van der Waals surface area contributed by atoms with Gasteiger partial charge in [-0.1, -0.05) is 11.6 Å². The molecule has 2 atom stereocenters. The number of hydrogen-bond donors (Lipinski definition) is 2. The first kappa shape index (κ1) is 27.8. The van der Waals surface area contributed by atoms with Crippen molar-refractivity contribution in [1.82, 2.24) is 39.3 Å². The number of carbonyl (C=O) groups excluding carboxylic acids is 2. The van der Waals surface area contributed by atoms with Gasteiger partial charge in [-0.15, -0.1) is 0 Å². The Morgan fingerprint density at radius 3 is 2.69 bits per heavy atom. The van der Waals surface area contributed by atoms with Crippen molar-refractivity contribution in [3.63, 3.8) is 0 Å². The van der Waals surface area contributed by atoms with Crippen LogP contribution in [0.2, 0.25) is 5.15 Å². The number of hydrogen-bond acceptors (Lipinski definition) is 8. The molecule has 12 nitrogen and oxygen atoms in total. The van der Waals surface area contributed by atoms with Crippen LogP contribution in [-0.4, -0.2) is 84.2 Å². The lowest BCUT2D eigenvalue weighted by Crippen LogP contribution is -2.47. The number of fused-ring (bicyclic) bond motifs is 1. The number of nitrogens with two attached hydrogens (primary N) is 1. The topological polar surface area (TPSA) is 146 Å². The van der Waals surface area contributed by atoms with E-state index < -0.39 is 48.7 Å². The lowest BCUT2D eigenvalue weighted by Gasteiger charge is -2.36. The Morgan fingerprint density at radius 1 is 1.21 bits per heavy atom. The van der Waals surface area contributed by atoms with Crippen molar-refractivity contribution in [3.05, 3.63) is 53.5 Å². The summed E-state index contributed by atoms with van der Waals surface area (Å²) in [5.74, 6) is -4.69. The molecule has 0 aromatic carbocycles. The molecule has 5 heterocycles. The first-order chi connectivity index (χ1) is 20.0. The minimum absolute atomic E-state index is 0.00225. The third-order valence-electron chi connectivity index (χ3n) is 7.52. The van der Waals surface area contributed by atoms with E-state index in [9.17, 15) is 22.8 Å². The van der Waals surface area contributed by atoms with Crippen molar-refractivity contribution in [2.75, 3.05) is 25.9 Å². The van der Waals surface area contributed by atoms with E-state index in [1.165, 1.54) is 30.6 Å². The van der Waals surface area contributed by atoms with Gasteiger partial charge in [0.25, 0.3) is 5.91 Å². The van der Waals surface area contributed by atoms with Crippen LogP contribution < -0.4 is 15.8 Å². The van der Waals surface area contributed by atoms with Gasteiger partial charge in [-0.2, -0.15) is 5.10 Å². The van der Waals surface area contributed by atoms with Crippen LogP contribution in [0, 0.1) is 5.92 Å². The fourth-order valence-electron chi connectivity index (χ4n) is 5.42. The van der Waals surface area contributed by atoms with E-state index in [2.05, 4.69) is 25.4 Å². The number of rotatable bonds is 7. The molecule has 0 radical (unpaired) electrons. The third-order valence-corrected chi connectivity index (χ3v) is 7.71. The molecule has 4 aromatic rings. The third kappa shape index (κ3) is 5.08. The van der Waals surface area contributed by atoms with Crippen molar-refractivity contribution < 1.29 is 27.5 Å². The molecule has 4 aromatic heterocycles. The van der Waals surface area contributed by atoms with E-state index in [4.69, 9.17) is 22.1 Å². The fraction of sp³-hybridized carbons (Fsp3) is 0.385. The van der Waals surface area contributed by atoms with Gasteiger partial charge in [0.1, 0.15) is 28.7 Å². The Balaban J connectivity index is 1.26. The van der Waals surface area contributed by atoms with Gasteiger partial charge in [-0.05, 0) is 12.1 Å². The maximum Gasteiger partial charge on any atom is 0.257 e. The summed E-state index contributed by atoms with van der Waals surface area (Å²) in [7, 11) is 1.34. The van der Waals surface area contributed by atoms with Crippen molar-refractivity contribution in [1.29, 1.82) is 0 Å². The van der Waals surface area contributed by atoms with Gasteiger partial charge in [-0.3, -0.25) is 9.59 Å². The van der Waals surface area contributed by atoms with Crippen LogP contribution in [-0.2, 0) is 11.3 Å². The number of pyridine rings is 1. The van der Waals surface area contributed by atoms with Crippen LogP contribution in [0.15, 0.2) is 37.2 Å². The molecule has 2 aliphatic rings. The minimum Gasteiger partial charge on any atom is -0.480 e. The highest BCUT2D eigenvalue weighted by Gasteiger charge is 2.51. The molecule has 1 saturated heterocycles. The highest BCUT2D eigenvalue weighted by atomic mass is 35.5. The number of likely N-dealkylation sites (tertiary alicyclic amines) is 1. The van der Waals surface area contributed by atoms with Gasteiger partial charge in [0.15, 0.2) is 5.82 Å². The number of aromatic nitrogens is 6.